The highest BCUT2D eigenvalue weighted by molar-refractivity contribution is 9.10. The van der Waals surface area contributed by atoms with Crippen LogP contribution in [-0.4, -0.2) is 38.8 Å². The molecule has 0 bridgehead atoms. The van der Waals surface area contributed by atoms with Gasteiger partial charge in [0.15, 0.2) is 0 Å². The highest BCUT2D eigenvalue weighted by Gasteiger charge is 2.32. The molecule has 28 heavy (non-hydrogen) atoms. The Morgan fingerprint density at radius 2 is 1.79 bits per heavy atom. The Kier molecular flexibility index (Phi) is 6.42. The van der Waals surface area contributed by atoms with Gasteiger partial charge in [-0.3, -0.25) is 4.79 Å². The lowest BCUT2D eigenvalue weighted by Crippen LogP contribution is -2.41. The number of methoxy groups -OCH3 is 1. The molecule has 150 valence electrons. The Labute approximate surface area is 174 Å². The summed E-state index contributed by atoms with van der Waals surface area (Å²) in [6.07, 6.45) is 0.994. The zero-order valence-corrected chi connectivity index (χ0v) is 18.2. The van der Waals surface area contributed by atoms with Crippen LogP contribution in [0, 0.1) is 12.8 Å². The topological polar surface area (TPSA) is 75.7 Å². The lowest BCUT2D eigenvalue weighted by atomic mass is 9.97. The predicted octanol–water partition coefficient (Wildman–Crippen LogP) is 3.81. The predicted molar refractivity (Wildman–Crippen MR) is 112 cm³/mol. The maximum absolute atomic E-state index is 12.9. The molecule has 1 amide bonds. The first-order valence-electron chi connectivity index (χ1n) is 9.02. The van der Waals surface area contributed by atoms with Crippen molar-refractivity contribution in [2.75, 3.05) is 25.5 Å². The van der Waals surface area contributed by atoms with Gasteiger partial charge in [0.2, 0.25) is 15.9 Å². The van der Waals surface area contributed by atoms with Crippen LogP contribution >= 0.6 is 15.9 Å². The quantitative estimate of drug-likeness (QED) is 0.726. The number of sulfonamides is 1. The molecular weight excluding hydrogens is 444 g/mol. The van der Waals surface area contributed by atoms with Crippen molar-refractivity contribution in [2.24, 2.45) is 5.92 Å². The molecule has 1 aliphatic heterocycles. The number of carbonyl (C=O) groups excluding carboxylic acids is 1. The normalized spacial score (nSPS) is 16.0. The van der Waals surface area contributed by atoms with E-state index in [2.05, 4.69) is 21.2 Å². The Morgan fingerprint density at radius 1 is 1.14 bits per heavy atom. The van der Waals surface area contributed by atoms with E-state index in [1.54, 1.807) is 25.3 Å². The number of ether oxygens (including phenoxy) is 1. The largest absolute Gasteiger partial charge is 0.496 e. The molecule has 0 aromatic heterocycles. The van der Waals surface area contributed by atoms with Gasteiger partial charge in [0.05, 0.1) is 12.0 Å². The summed E-state index contributed by atoms with van der Waals surface area (Å²) in [5.41, 5.74) is 1.50. The fourth-order valence-corrected chi connectivity index (χ4v) is 5.12. The van der Waals surface area contributed by atoms with Crippen molar-refractivity contribution in [2.45, 2.75) is 24.7 Å². The first-order chi connectivity index (χ1) is 13.3. The van der Waals surface area contributed by atoms with Crippen molar-refractivity contribution in [1.29, 1.82) is 0 Å². The summed E-state index contributed by atoms with van der Waals surface area (Å²) < 4.78 is 33.4. The second-order valence-electron chi connectivity index (χ2n) is 6.81. The standard InChI is InChI=1S/C20H23BrN2O4S/c1-14-13-18(7-8-19(14)27-2)28(25,26)23-11-9-15(10-12-23)20(24)22-17-5-3-16(21)4-6-17/h3-8,13,15H,9-12H2,1-2H3,(H,22,24). The lowest BCUT2D eigenvalue weighted by molar-refractivity contribution is -0.120. The van der Waals surface area contributed by atoms with Gasteiger partial charge in [-0.2, -0.15) is 4.31 Å². The number of nitrogens with one attached hydrogen (secondary N) is 1. The summed E-state index contributed by atoms with van der Waals surface area (Å²) in [7, 11) is -2.03. The van der Waals surface area contributed by atoms with E-state index in [1.165, 1.54) is 4.31 Å². The number of carbonyl (C=O) groups is 1. The highest BCUT2D eigenvalue weighted by atomic mass is 79.9. The average Bonchev–Trinajstić information content (AvgIpc) is 2.69. The van der Waals surface area contributed by atoms with E-state index < -0.39 is 10.0 Å². The Balaban J connectivity index is 1.63. The van der Waals surface area contributed by atoms with Gasteiger partial charge in [0, 0.05) is 29.2 Å². The van der Waals surface area contributed by atoms with Crippen LogP contribution in [0.2, 0.25) is 0 Å². The molecule has 1 heterocycles. The van der Waals surface area contributed by atoms with Gasteiger partial charge in [-0.25, -0.2) is 8.42 Å². The molecule has 0 radical (unpaired) electrons. The summed E-state index contributed by atoms with van der Waals surface area (Å²) in [6.45, 7) is 2.47. The van der Waals surface area contributed by atoms with Crippen LogP contribution in [0.1, 0.15) is 18.4 Å². The average molecular weight is 467 g/mol. The molecule has 1 fully saturated rings. The number of hydrogen-bond donors (Lipinski definition) is 1. The molecule has 1 aliphatic rings. The molecule has 0 aliphatic carbocycles. The van der Waals surface area contributed by atoms with Crippen LogP contribution in [0.25, 0.3) is 0 Å². The number of nitrogens with zero attached hydrogens (tertiary/aromatic N) is 1. The lowest BCUT2D eigenvalue weighted by Gasteiger charge is -2.30. The van der Waals surface area contributed by atoms with Gasteiger partial charge in [0.25, 0.3) is 0 Å². The number of anilines is 1. The van der Waals surface area contributed by atoms with E-state index in [9.17, 15) is 13.2 Å². The minimum Gasteiger partial charge on any atom is -0.496 e. The van der Waals surface area contributed by atoms with Gasteiger partial charge in [-0.15, -0.1) is 0 Å². The number of benzene rings is 2. The van der Waals surface area contributed by atoms with E-state index in [-0.39, 0.29) is 16.7 Å². The van der Waals surface area contributed by atoms with E-state index >= 15 is 0 Å². The Hall–Kier alpha value is -1.90. The second kappa shape index (κ2) is 8.63. The number of amides is 1. The van der Waals surface area contributed by atoms with Crippen molar-refractivity contribution in [1.82, 2.24) is 4.31 Å². The Bertz CT molecular complexity index is 953. The van der Waals surface area contributed by atoms with Gasteiger partial charge >= 0.3 is 0 Å². The monoisotopic (exact) mass is 466 g/mol. The van der Waals surface area contributed by atoms with Crippen molar-refractivity contribution in [3.8, 4) is 5.75 Å². The van der Waals surface area contributed by atoms with Crippen molar-refractivity contribution in [3.05, 3.63) is 52.5 Å². The molecule has 3 rings (SSSR count). The van der Waals surface area contributed by atoms with E-state index in [4.69, 9.17) is 4.74 Å². The molecule has 1 N–H and O–H groups in total. The maximum Gasteiger partial charge on any atom is 0.243 e. The molecule has 0 unspecified atom stereocenters. The SMILES string of the molecule is COc1ccc(S(=O)(=O)N2CCC(C(=O)Nc3ccc(Br)cc3)CC2)cc1C. The molecule has 6 nitrogen and oxygen atoms in total. The molecule has 0 spiro atoms. The molecular formula is C20H23BrN2O4S. The third-order valence-electron chi connectivity index (χ3n) is 4.94. The number of rotatable bonds is 5. The first-order valence-corrected chi connectivity index (χ1v) is 11.3. The van der Waals surface area contributed by atoms with E-state index in [0.717, 1.165) is 15.7 Å². The van der Waals surface area contributed by atoms with Crippen LogP contribution in [0.3, 0.4) is 0 Å². The van der Waals surface area contributed by atoms with Crippen LogP contribution in [0.15, 0.2) is 51.8 Å². The molecule has 8 heteroatoms. The number of piperidine rings is 1. The summed E-state index contributed by atoms with van der Waals surface area (Å²) in [4.78, 5) is 12.7. The Morgan fingerprint density at radius 3 is 2.36 bits per heavy atom. The van der Waals surface area contributed by atoms with Gasteiger partial charge in [0.1, 0.15) is 5.75 Å². The molecule has 2 aromatic carbocycles. The van der Waals surface area contributed by atoms with Crippen molar-refractivity contribution in [3.63, 3.8) is 0 Å². The molecule has 0 atom stereocenters. The minimum atomic E-state index is -3.58. The zero-order valence-electron chi connectivity index (χ0n) is 15.8. The molecule has 0 saturated carbocycles. The van der Waals surface area contributed by atoms with Crippen LogP contribution < -0.4 is 10.1 Å². The summed E-state index contributed by atoms with van der Waals surface area (Å²) >= 11 is 3.36. The van der Waals surface area contributed by atoms with Crippen LogP contribution in [0.4, 0.5) is 5.69 Å². The number of halogens is 1. The van der Waals surface area contributed by atoms with Gasteiger partial charge < -0.3 is 10.1 Å². The van der Waals surface area contributed by atoms with E-state index in [0.29, 0.717) is 31.7 Å². The van der Waals surface area contributed by atoms with Crippen molar-refractivity contribution < 1.29 is 17.9 Å². The van der Waals surface area contributed by atoms with Gasteiger partial charge in [-0.1, -0.05) is 15.9 Å². The van der Waals surface area contributed by atoms with E-state index in [1.807, 2.05) is 31.2 Å². The second-order valence-corrected chi connectivity index (χ2v) is 9.66. The van der Waals surface area contributed by atoms with Crippen LogP contribution in [-0.2, 0) is 14.8 Å². The summed E-state index contributed by atoms with van der Waals surface area (Å²) in [6, 6.07) is 12.2. The number of hydrogen-bond acceptors (Lipinski definition) is 4. The molecule has 1 saturated heterocycles. The fraction of sp³-hybridized carbons (Fsp3) is 0.350. The smallest absolute Gasteiger partial charge is 0.243 e. The third-order valence-corrected chi connectivity index (χ3v) is 7.36. The van der Waals surface area contributed by atoms with Crippen molar-refractivity contribution >= 4 is 37.5 Å². The minimum absolute atomic E-state index is 0.0698. The van der Waals surface area contributed by atoms with Gasteiger partial charge in [-0.05, 0) is 67.8 Å². The highest BCUT2D eigenvalue weighted by Crippen LogP contribution is 2.28. The maximum atomic E-state index is 12.9. The number of aryl methyl sites for hydroxylation is 1. The summed E-state index contributed by atoms with van der Waals surface area (Å²) in [5.74, 6) is 0.384. The fourth-order valence-electron chi connectivity index (χ4n) is 3.30. The third kappa shape index (κ3) is 4.56. The summed E-state index contributed by atoms with van der Waals surface area (Å²) in [5, 5.41) is 2.90. The van der Waals surface area contributed by atoms with Crippen LogP contribution in [0.5, 0.6) is 5.75 Å². The first kappa shape index (κ1) is 20.8. The zero-order chi connectivity index (χ0) is 20.3. The molecule has 2 aromatic rings.